The highest BCUT2D eigenvalue weighted by Crippen LogP contribution is 1.89. The Kier molecular flexibility index (Phi) is 0.867. The minimum Gasteiger partial charge on any atom is -0.368 e. The Morgan fingerprint density at radius 3 is 2.71 bits per heavy atom. The van der Waals surface area contributed by atoms with Gasteiger partial charge in [-0.1, -0.05) is 0 Å². The van der Waals surface area contributed by atoms with E-state index in [0.717, 1.165) is 5.06 Å². The van der Waals surface area contributed by atoms with Crippen LogP contribution in [0.2, 0.25) is 0 Å². The van der Waals surface area contributed by atoms with Gasteiger partial charge in [-0.15, -0.1) is 0 Å². The van der Waals surface area contributed by atoms with Crippen LogP contribution in [0.25, 0.3) is 0 Å². The van der Waals surface area contributed by atoms with Gasteiger partial charge in [0.2, 0.25) is 5.96 Å². The van der Waals surface area contributed by atoms with Crippen LogP contribution in [0, 0.1) is 0 Å². The maximum absolute atomic E-state index is 8.58. The maximum Gasteiger partial charge on any atom is 0.215 e. The molecular formula is C3H7N3O. The summed E-state index contributed by atoms with van der Waals surface area (Å²) in [5.74, 6) is 0.222. The number of aliphatic imine (C=N–C) groups is 1. The Bertz CT molecular complexity index is 100. The molecule has 0 radical (unpaired) electrons. The first kappa shape index (κ1) is 4.39. The Hall–Kier alpha value is -0.770. The highest BCUT2D eigenvalue weighted by molar-refractivity contribution is 5.78. The summed E-state index contributed by atoms with van der Waals surface area (Å²) in [4.78, 5) is 3.69. The van der Waals surface area contributed by atoms with Crippen LogP contribution in [0.5, 0.6) is 0 Å². The predicted molar refractivity (Wildman–Crippen MR) is 25.0 cm³/mol. The molecule has 1 aliphatic rings. The molecule has 0 saturated carbocycles. The highest BCUT2D eigenvalue weighted by atomic mass is 16.5. The van der Waals surface area contributed by atoms with Crippen LogP contribution in [0.1, 0.15) is 0 Å². The van der Waals surface area contributed by atoms with Crippen LogP contribution < -0.4 is 5.73 Å². The van der Waals surface area contributed by atoms with E-state index in [1.54, 1.807) is 0 Å². The lowest BCUT2D eigenvalue weighted by Gasteiger charge is -2.03. The smallest absolute Gasteiger partial charge is 0.215 e. The Labute approximate surface area is 41.2 Å². The molecule has 0 bridgehead atoms. The third-order valence-corrected chi connectivity index (χ3v) is 0.850. The second-order valence-corrected chi connectivity index (χ2v) is 1.36. The van der Waals surface area contributed by atoms with Crippen LogP contribution in [-0.2, 0) is 0 Å². The molecule has 1 heterocycles. The third kappa shape index (κ3) is 0.640. The Morgan fingerprint density at radius 1 is 1.86 bits per heavy atom. The molecule has 3 N–H and O–H groups in total. The van der Waals surface area contributed by atoms with Crippen LogP contribution in [0.4, 0.5) is 0 Å². The second kappa shape index (κ2) is 1.38. The number of guanidine groups is 1. The third-order valence-electron chi connectivity index (χ3n) is 0.850. The fourth-order valence-electron chi connectivity index (χ4n) is 0.455. The number of rotatable bonds is 0. The van der Waals surface area contributed by atoms with Gasteiger partial charge in [0.15, 0.2) is 0 Å². The van der Waals surface area contributed by atoms with Crippen molar-refractivity contribution < 1.29 is 5.21 Å². The fraction of sp³-hybridized carbons (Fsp3) is 0.667. The van der Waals surface area contributed by atoms with E-state index in [1.807, 2.05) is 0 Å². The first-order valence-corrected chi connectivity index (χ1v) is 2.07. The van der Waals surface area contributed by atoms with Crippen molar-refractivity contribution in [2.75, 3.05) is 13.1 Å². The van der Waals surface area contributed by atoms with Gasteiger partial charge < -0.3 is 5.73 Å². The average molecular weight is 101 g/mol. The molecule has 0 aromatic heterocycles. The second-order valence-electron chi connectivity index (χ2n) is 1.36. The molecule has 0 atom stereocenters. The van der Waals surface area contributed by atoms with Crippen molar-refractivity contribution in [2.45, 2.75) is 0 Å². The van der Waals surface area contributed by atoms with Gasteiger partial charge in [0.25, 0.3) is 0 Å². The Balaban J connectivity index is 2.54. The van der Waals surface area contributed by atoms with Gasteiger partial charge >= 0.3 is 0 Å². The van der Waals surface area contributed by atoms with Crippen LogP contribution in [0.15, 0.2) is 4.99 Å². The lowest BCUT2D eigenvalue weighted by molar-refractivity contribution is -0.00401. The van der Waals surface area contributed by atoms with Gasteiger partial charge in [-0.25, -0.2) is 10.1 Å². The van der Waals surface area contributed by atoms with E-state index in [-0.39, 0.29) is 5.96 Å². The van der Waals surface area contributed by atoms with Crippen molar-refractivity contribution in [1.82, 2.24) is 5.06 Å². The molecule has 0 unspecified atom stereocenters. The molecule has 4 nitrogen and oxygen atoms in total. The summed E-state index contributed by atoms with van der Waals surface area (Å²) in [6.45, 7) is 1.15. The summed E-state index contributed by atoms with van der Waals surface area (Å²) in [6, 6.07) is 0. The fourth-order valence-corrected chi connectivity index (χ4v) is 0.455. The van der Waals surface area contributed by atoms with Crippen molar-refractivity contribution in [3.63, 3.8) is 0 Å². The average Bonchev–Trinajstić information content (AvgIpc) is 1.91. The molecule has 0 spiro atoms. The van der Waals surface area contributed by atoms with Crippen LogP contribution in [-0.4, -0.2) is 29.3 Å². The van der Waals surface area contributed by atoms with Gasteiger partial charge in [0, 0.05) is 0 Å². The van der Waals surface area contributed by atoms with Gasteiger partial charge in [0.1, 0.15) is 0 Å². The topological polar surface area (TPSA) is 61.8 Å². The monoisotopic (exact) mass is 101 g/mol. The molecule has 0 aromatic carbocycles. The van der Waals surface area contributed by atoms with E-state index in [4.69, 9.17) is 10.9 Å². The summed E-state index contributed by atoms with van der Waals surface area (Å²) in [5.41, 5.74) is 5.10. The molecule has 1 rings (SSSR count). The normalized spacial score (nSPS) is 20.1. The first-order chi connectivity index (χ1) is 3.30. The first-order valence-electron chi connectivity index (χ1n) is 2.07. The zero-order valence-electron chi connectivity index (χ0n) is 3.83. The van der Waals surface area contributed by atoms with Gasteiger partial charge in [-0.2, -0.15) is 0 Å². The SMILES string of the molecule is NC1=NCCN1O. The minimum atomic E-state index is 0.222. The molecule has 0 aliphatic carbocycles. The molecule has 40 valence electrons. The van der Waals surface area contributed by atoms with Gasteiger partial charge in [-0.05, 0) is 0 Å². The minimum absolute atomic E-state index is 0.222. The number of nitrogens with zero attached hydrogens (tertiary/aromatic N) is 2. The molecule has 7 heavy (non-hydrogen) atoms. The number of hydrogen-bond acceptors (Lipinski definition) is 4. The van der Waals surface area contributed by atoms with Crippen LogP contribution >= 0.6 is 0 Å². The van der Waals surface area contributed by atoms with Crippen molar-refractivity contribution in [2.24, 2.45) is 10.7 Å². The van der Waals surface area contributed by atoms with Gasteiger partial charge in [0.05, 0.1) is 13.1 Å². The largest absolute Gasteiger partial charge is 0.368 e. The molecule has 0 amide bonds. The van der Waals surface area contributed by atoms with Crippen molar-refractivity contribution in [3.8, 4) is 0 Å². The van der Waals surface area contributed by atoms with Crippen molar-refractivity contribution in [1.29, 1.82) is 0 Å². The molecule has 1 aliphatic heterocycles. The van der Waals surface area contributed by atoms with E-state index in [0.29, 0.717) is 13.1 Å². The van der Waals surface area contributed by atoms with E-state index in [2.05, 4.69) is 4.99 Å². The van der Waals surface area contributed by atoms with E-state index in [1.165, 1.54) is 0 Å². The lowest BCUT2D eigenvalue weighted by Crippen LogP contribution is -2.30. The highest BCUT2D eigenvalue weighted by Gasteiger charge is 2.07. The summed E-state index contributed by atoms with van der Waals surface area (Å²) in [7, 11) is 0. The number of hydrogen-bond donors (Lipinski definition) is 2. The zero-order chi connectivity index (χ0) is 5.28. The van der Waals surface area contributed by atoms with Crippen molar-refractivity contribution >= 4 is 5.96 Å². The molecular weight excluding hydrogens is 94.1 g/mol. The van der Waals surface area contributed by atoms with Crippen LogP contribution in [0.3, 0.4) is 0 Å². The Morgan fingerprint density at radius 2 is 2.57 bits per heavy atom. The molecule has 0 fully saturated rings. The summed E-state index contributed by atoms with van der Waals surface area (Å²) in [6.07, 6.45) is 0. The maximum atomic E-state index is 8.58. The summed E-state index contributed by atoms with van der Waals surface area (Å²) in [5, 5.41) is 9.51. The summed E-state index contributed by atoms with van der Waals surface area (Å²) < 4.78 is 0. The standard InChI is InChI=1S/C3H7N3O/c4-3-5-1-2-6(3)7/h7H,1-2H2,(H2,4,5). The van der Waals surface area contributed by atoms with E-state index >= 15 is 0 Å². The number of nitrogens with two attached hydrogens (primary N) is 1. The van der Waals surface area contributed by atoms with E-state index < -0.39 is 0 Å². The summed E-state index contributed by atoms with van der Waals surface area (Å²) >= 11 is 0. The van der Waals surface area contributed by atoms with E-state index in [9.17, 15) is 0 Å². The quantitative estimate of drug-likeness (QED) is 0.411. The lowest BCUT2D eigenvalue weighted by atomic mass is 10.7. The van der Waals surface area contributed by atoms with Gasteiger partial charge in [-0.3, -0.25) is 5.21 Å². The molecule has 0 saturated heterocycles. The zero-order valence-corrected chi connectivity index (χ0v) is 3.83. The molecule has 4 heteroatoms. The molecule has 0 aromatic rings. The van der Waals surface area contributed by atoms with Crippen molar-refractivity contribution in [3.05, 3.63) is 0 Å². The number of hydroxylamine groups is 2. The predicted octanol–water partition coefficient (Wildman–Crippen LogP) is -0.994.